The van der Waals surface area contributed by atoms with Crippen LogP contribution in [0.2, 0.25) is 0 Å². The molecule has 0 spiro atoms. The first-order valence-electron chi connectivity index (χ1n) is 9.25. The molecule has 1 atom stereocenters. The van der Waals surface area contributed by atoms with E-state index in [1.807, 2.05) is 0 Å². The van der Waals surface area contributed by atoms with Crippen LogP contribution in [-0.2, 0) is 20.7 Å². The molecule has 1 aromatic carbocycles. The van der Waals surface area contributed by atoms with Crippen molar-refractivity contribution >= 4 is 33.9 Å². The van der Waals surface area contributed by atoms with Crippen LogP contribution in [0.25, 0.3) is 0 Å². The molecule has 0 aliphatic heterocycles. The van der Waals surface area contributed by atoms with Crippen LogP contribution in [0.3, 0.4) is 0 Å². The van der Waals surface area contributed by atoms with E-state index in [4.69, 9.17) is 9.47 Å². The smallest absolute Gasteiger partial charge is 0.407 e. The van der Waals surface area contributed by atoms with Gasteiger partial charge in [0.25, 0.3) is 0 Å². The minimum absolute atomic E-state index is 0.0128. The summed E-state index contributed by atoms with van der Waals surface area (Å²) in [6.07, 6.45) is 0.00552. The fourth-order valence-corrected chi connectivity index (χ4v) is 2.92. The number of hydrogen-bond donors (Lipinski definition) is 2. The Labute approximate surface area is 179 Å². The van der Waals surface area contributed by atoms with Crippen LogP contribution < -0.4 is 10.1 Å². The highest BCUT2D eigenvalue weighted by Crippen LogP contribution is 2.16. The average molecular weight is 473 g/mol. The number of benzene rings is 1. The van der Waals surface area contributed by atoms with E-state index in [1.54, 1.807) is 52.1 Å². The monoisotopic (exact) mass is 472 g/mol. The Kier molecular flexibility index (Phi) is 9.94. The molecule has 0 saturated carbocycles. The number of rotatable bonds is 10. The topological polar surface area (TPSA) is 105 Å². The van der Waals surface area contributed by atoms with E-state index in [0.717, 1.165) is 5.56 Å². The number of hydrogen-bond acceptors (Lipinski definition) is 5. The Balaban J connectivity index is 2.74. The summed E-state index contributed by atoms with van der Waals surface area (Å²) >= 11 is 3.11. The van der Waals surface area contributed by atoms with Crippen molar-refractivity contribution in [3.05, 3.63) is 29.8 Å². The van der Waals surface area contributed by atoms with Gasteiger partial charge in [-0.2, -0.15) is 0 Å². The summed E-state index contributed by atoms with van der Waals surface area (Å²) in [6, 6.07) is 6.02. The molecule has 8 nitrogen and oxygen atoms in total. The number of ether oxygens (including phenoxy) is 2. The Morgan fingerprint density at radius 1 is 1.21 bits per heavy atom. The molecule has 0 aliphatic carbocycles. The second-order valence-corrected chi connectivity index (χ2v) is 7.97. The van der Waals surface area contributed by atoms with Crippen molar-refractivity contribution in [1.82, 2.24) is 10.2 Å². The lowest BCUT2D eigenvalue weighted by Crippen LogP contribution is -2.48. The Morgan fingerprint density at radius 2 is 1.83 bits per heavy atom. The quantitative estimate of drug-likeness (QED) is 0.400. The number of nitrogens with one attached hydrogen (secondary N) is 1. The highest BCUT2D eigenvalue weighted by atomic mass is 79.9. The number of alkyl carbamates (subject to hydrolysis) is 1. The molecule has 1 aromatic rings. The van der Waals surface area contributed by atoms with Crippen LogP contribution in [0.1, 0.15) is 32.8 Å². The van der Waals surface area contributed by atoms with Crippen molar-refractivity contribution in [3.8, 4) is 5.75 Å². The lowest BCUT2D eigenvalue weighted by Gasteiger charge is -2.29. The number of carboxylic acids is 1. The number of carboxylic acid groups (broad SMARTS) is 1. The van der Waals surface area contributed by atoms with Crippen molar-refractivity contribution in [2.45, 2.75) is 45.3 Å². The van der Waals surface area contributed by atoms with E-state index in [9.17, 15) is 19.5 Å². The van der Waals surface area contributed by atoms with Crippen molar-refractivity contribution in [2.75, 3.05) is 25.5 Å². The van der Waals surface area contributed by atoms with Gasteiger partial charge in [-0.1, -0.05) is 28.1 Å². The van der Waals surface area contributed by atoms with Gasteiger partial charge in [-0.25, -0.2) is 9.59 Å². The lowest BCUT2D eigenvalue weighted by atomic mass is 10.0. The minimum Gasteiger partial charge on any atom is -0.497 e. The first kappa shape index (κ1) is 24.7. The molecule has 1 unspecified atom stereocenters. The molecule has 9 heteroatoms. The van der Waals surface area contributed by atoms with Gasteiger partial charge in [-0.3, -0.25) is 4.79 Å². The van der Waals surface area contributed by atoms with Crippen LogP contribution >= 0.6 is 15.9 Å². The zero-order valence-corrected chi connectivity index (χ0v) is 18.8. The number of halogens is 1. The highest BCUT2D eigenvalue weighted by Gasteiger charge is 2.29. The number of carbonyl (C=O) groups excluding carboxylic acids is 2. The van der Waals surface area contributed by atoms with E-state index in [0.29, 0.717) is 12.2 Å². The summed E-state index contributed by atoms with van der Waals surface area (Å²) in [5.41, 5.74) is 0.173. The van der Waals surface area contributed by atoms with E-state index >= 15 is 0 Å². The normalized spacial score (nSPS) is 12.0. The van der Waals surface area contributed by atoms with E-state index in [2.05, 4.69) is 21.2 Å². The maximum Gasteiger partial charge on any atom is 0.407 e. The molecule has 0 saturated heterocycles. The summed E-state index contributed by atoms with van der Waals surface area (Å²) in [5, 5.41) is 12.3. The van der Waals surface area contributed by atoms with Crippen LogP contribution in [0.4, 0.5) is 4.79 Å². The summed E-state index contributed by atoms with van der Waals surface area (Å²) in [6.45, 7) is 5.74. The molecule has 1 rings (SSSR count). The highest BCUT2D eigenvalue weighted by molar-refractivity contribution is 9.09. The fourth-order valence-electron chi connectivity index (χ4n) is 2.60. The lowest BCUT2D eigenvalue weighted by molar-refractivity contribution is -0.149. The van der Waals surface area contributed by atoms with E-state index < -0.39 is 23.7 Å². The molecule has 0 bridgehead atoms. The van der Waals surface area contributed by atoms with Gasteiger partial charge in [-0.05, 0) is 44.9 Å². The van der Waals surface area contributed by atoms with Gasteiger partial charge in [0.15, 0.2) is 0 Å². The Hall–Kier alpha value is -2.29. The summed E-state index contributed by atoms with van der Waals surface area (Å²) < 4.78 is 10.3. The van der Waals surface area contributed by atoms with Crippen molar-refractivity contribution in [3.63, 3.8) is 0 Å². The van der Waals surface area contributed by atoms with Crippen molar-refractivity contribution in [1.29, 1.82) is 0 Å². The first-order chi connectivity index (χ1) is 13.6. The predicted octanol–water partition coefficient (Wildman–Crippen LogP) is 2.83. The second-order valence-electron chi connectivity index (χ2n) is 7.41. The number of amides is 2. The van der Waals surface area contributed by atoms with Crippen LogP contribution in [-0.4, -0.2) is 65.1 Å². The third kappa shape index (κ3) is 9.17. The standard InChI is InChI=1S/C20H29BrN2O6/c1-20(2,3)29-19(27)22-10-5-11-23(17(24)13-21)16(18(25)26)12-14-6-8-15(28-4)9-7-14/h6-9,16H,5,10-13H2,1-4H3,(H,22,27)(H,25,26). The summed E-state index contributed by atoms with van der Waals surface area (Å²) in [7, 11) is 1.55. The summed E-state index contributed by atoms with van der Waals surface area (Å²) in [4.78, 5) is 37.2. The molecule has 0 radical (unpaired) electrons. The van der Waals surface area contributed by atoms with E-state index in [1.165, 1.54) is 4.90 Å². The molecule has 2 N–H and O–H groups in total. The molecule has 0 aliphatic rings. The predicted molar refractivity (Wildman–Crippen MR) is 112 cm³/mol. The third-order valence-corrected chi connectivity index (χ3v) is 4.41. The van der Waals surface area contributed by atoms with Gasteiger partial charge in [-0.15, -0.1) is 0 Å². The van der Waals surface area contributed by atoms with Gasteiger partial charge < -0.3 is 24.8 Å². The molecular weight excluding hydrogens is 444 g/mol. The third-order valence-electron chi connectivity index (χ3n) is 3.93. The summed E-state index contributed by atoms with van der Waals surface area (Å²) in [5.74, 6) is -0.749. The maximum atomic E-state index is 12.3. The van der Waals surface area contributed by atoms with Crippen LogP contribution in [0.5, 0.6) is 5.75 Å². The molecule has 0 aromatic heterocycles. The van der Waals surface area contributed by atoms with Gasteiger partial charge in [0.05, 0.1) is 12.4 Å². The number of alkyl halides is 1. The van der Waals surface area contributed by atoms with Gasteiger partial charge in [0.1, 0.15) is 17.4 Å². The van der Waals surface area contributed by atoms with Gasteiger partial charge in [0.2, 0.25) is 5.91 Å². The molecular formula is C20H29BrN2O6. The van der Waals surface area contributed by atoms with Crippen molar-refractivity contribution in [2.24, 2.45) is 0 Å². The SMILES string of the molecule is COc1ccc(CC(C(=O)O)N(CCCNC(=O)OC(C)(C)C)C(=O)CBr)cc1. The number of carbonyl (C=O) groups is 3. The van der Waals surface area contributed by atoms with Gasteiger partial charge in [0, 0.05) is 19.5 Å². The Bertz CT molecular complexity index is 687. The molecule has 0 heterocycles. The zero-order valence-electron chi connectivity index (χ0n) is 17.2. The molecule has 2 amide bonds. The first-order valence-corrected chi connectivity index (χ1v) is 10.4. The minimum atomic E-state index is -1.09. The second kappa shape index (κ2) is 11.6. The number of aliphatic carboxylic acids is 1. The van der Waals surface area contributed by atoms with Crippen molar-refractivity contribution < 1.29 is 29.0 Å². The maximum absolute atomic E-state index is 12.3. The Morgan fingerprint density at radius 3 is 2.31 bits per heavy atom. The molecule has 162 valence electrons. The molecule has 0 fully saturated rings. The van der Waals surface area contributed by atoms with Crippen LogP contribution in [0.15, 0.2) is 24.3 Å². The van der Waals surface area contributed by atoms with Gasteiger partial charge >= 0.3 is 12.1 Å². The molecule has 29 heavy (non-hydrogen) atoms. The van der Waals surface area contributed by atoms with E-state index in [-0.39, 0.29) is 30.7 Å². The van der Waals surface area contributed by atoms with Crippen LogP contribution in [0, 0.1) is 0 Å². The fraction of sp³-hybridized carbons (Fsp3) is 0.550. The average Bonchev–Trinajstić information content (AvgIpc) is 2.65. The number of methoxy groups -OCH3 is 1. The largest absolute Gasteiger partial charge is 0.497 e. The zero-order chi connectivity index (χ0) is 22.0. The number of nitrogens with zero attached hydrogens (tertiary/aromatic N) is 1.